The summed E-state index contributed by atoms with van der Waals surface area (Å²) in [5.74, 6) is 0.736. The Morgan fingerprint density at radius 3 is 2.60 bits per heavy atom. The Balaban J connectivity index is 2.02. The Labute approximate surface area is 119 Å². The van der Waals surface area contributed by atoms with E-state index in [9.17, 15) is 0 Å². The Bertz CT molecular complexity index is 545. The number of nitrogens with one attached hydrogen (secondary N) is 1. The molecule has 1 unspecified atom stereocenters. The van der Waals surface area contributed by atoms with Gasteiger partial charge in [0.15, 0.2) is 0 Å². The zero-order valence-corrected chi connectivity index (χ0v) is 11.5. The molecule has 0 spiro atoms. The van der Waals surface area contributed by atoms with E-state index in [-0.39, 0.29) is 5.71 Å². The first kappa shape index (κ1) is 13.9. The van der Waals surface area contributed by atoms with Crippen LogP contribution in [-0.2, 0) is 0 Å². The van der Waals surface area contributed by atoms with Gasteiger partial charge in [0.1, 0.15) is 12.1 Å². The normalized spacial score (nSPS) is 17.8. The number of nitriles is 2. The molecule has 1 aliphatic heterocycles. The average molecular weight is 267 g/mol. The molecule has 0 aliphatic carbocycles. The molecule has 1 atom stereocenters. The Kier molecular flexibility index (Phi) is 4.57. The second-order valence-electron chi connectivity index (χ2n) is 5.04. The molecule has 102 valence electrons. The molecule has 5 heteroatoms. The van der Waals surface area contributed by atoms with Crippen molar-refractivity contribution >= 4 is 17.1 Å². The summed E-state index contributed by atoms with van der Waals surface area (Å²) in [4.78, 5) is 2.39. The topological polar surface area (TPSA) is 75.2 Å². The van der Waals surface area contributed by atoms with Gasteiger partial charge in [-0.2, -0.15) is 15.6 Å². The summed E-state index contributed by atoms with van der Waals surface area (Å²) in [6.45, 7) is 4.47. The van der Waals surface area contributed by atoms with Crippen LogP contribution >= 0.6 is 0 Å². The van der Waals surface area contributed by atoms with Crippen LogP contribution in [0.5, 0.6) is 0 Å². The van der Waals surface area contributed by atoms with Crippen LogP contribution in [0.4, 0.5) is 11.4 Å². The third kappa shape index (κ3) is 3.49. The van der Waals surface area contributed by atoms with E-state index in [0.29, 0.717) is 0 Å². The van der Waals surface area contributed by atoms with Crippen LogP contribution in [0.25, 0.3) is 0 Å². The molecular weight excluding hydrogens is 250 g/mol. The summed E-state index contributed by atoms with van der Waals surface area (Å²) in [6, 6.07) is 11.3. The van der Waals surface area contributed by atoms with Gasteiger partial charge in [0, 0.05) is 18.8 Å². The molecule has 0 radical (unpaired) electrons. The van der Waals surface area contributed by atoms with Gasteiger partial charge < -0.3 is 4.90 Å². The summed E-state index contributed by atoms with van der Waals surface area (Å²) in [5.41, 5.74) is 4.49. The van der Waals surface area contributed by atoms with E-state index < -0.39 is 0 Å². The molecule has 1 aliphatic rings. The number of piperidine rings is 1. The van der Waals surface area contributed by atoms with Crippen LogP contribution in [0, 0.1) is 28.6 Å². The third-order valence-electron chi connectivity index (χ3n) is 3.40. The number of anilines is 2. The number of hydrogen-bond donors (Lipinski definition) is 1. The van der Waals surface area contributed by atoms with Crippen molar-refractivity contribution in [2.45, 2.75) is 19.8 Å². The maximum Gasteiger partial charge on any atom is 0.237 e. The van der Waals surface area contributed by atoms with Crippen molar-refractivity contribution in [2.75, 3.05) is 23.4 Å². The first-order valence-electron chi connectivity index (χ1n) is 6.72. The van der Waals surface area contributed by atoms with E-state index in [2.05, 4.69) is 22.4 Å². The van der Waals surface area contributed by atoms with Crippen molar-refractivity contribution in [2.24, 2.45) is 11.0 Å². The molecule has 1 aromatic carbocycles. The maximum atomic E-state index is 8.59. The second-order valence-corrected chi connectivity index (χ2v) is 5.04. The van der Waals surface area contributed by atoms with Crippen molar-refractivity contribution in [3.8, 4) is 12.1 Å². The molecule has 20 heavy (non-hydrogen) atoms. The summed E-state index contributed by atoms with van der Waals surface area (Å²) < 4.78 is 0. The lowest BCUT2D eigenvalue weighted by molar-refractivity contribution is 0.447. The van der Waals surface area contributed by atoms with Gasteiger partial charge in [-0.25, -0.2) is 0 Å². The fourth-order valence-electron chi connectivity index (χ4n) is 2.37. The number of benzene rings is 1. The van der Waals surface area contributed by atoms with Gasteiger partial charge in [0.2, 0.25) is 5.71 Å². The van der Waals surface area contributed by atoms with Gasteiger partial charge in [0.05, 0.1) is 5.69 Å². The summed E-state index contributed by atoms with van der Waals surface area (Å²) in [5, 5.41) is 20.9. The number of hydrogen-bond acceptors (Lipinski definition) is 5. The molecule has 1 heterocycles. The van der Waals surface area contributed by atoms with Gasteiger partial charge in [0.25, 0.3) is 0 Å². The summed E-state index contributed by atoms with van der Waals surface area (Å²) in [6.07, 6.45) is 2.54. The van der Waals surface area contributed by atoms with E-state index in [0.717, 1.165) is 24.7 Å². The predicted octanol–water partition coefficient (Wildman–Crippen LogP) is 2.74. The molecule has 1 aromatic rings. The van der Waals surface area contributed by atoms with E-state index in [4.69, 9.17) is 10.5 Å². The highest BCUT2D eigenvalue weighted by molar-refractivity contribution is 6.10. The monoisotopic (exact) mass is 267 g/mol. The van der Waals surface area contributed by atoms with E-state index >= 15 is 0 Å². The minimum Gasteiger partial charge on any atom is -0.371 e. The highest BCUT2D eigenvalue weighted by Gasteiger charge is 2.16. The number of rotatable bonds is 3. The smallest absolute Gasteiger partial charge is 0.237 e. The Hall–Kier alpha value is -2.53. The maximum absolute atomic E-state index is 8.59. The van der Waals surface area contributed by atoms with E-state index in [1.165, 1.54) is 18.5 Å². The zero-order valence-electron chi connectivity index (χ0n) is 11.5. The minimum absolute atomic E-state index is 0.182. The molecule has 0 saturated carbocycles. The van der Waals surface area contributed by atoms with Crippen LogP contribution < -0.4 is 10.3 Å². The lowest BCUT2D eigenvalue weighted by Gasteiger charge is -2.32. The van der Waals surface area contributed by atoms with Crippen LogP contribution in [-0.4, -0.2) is 18.8 Å². The average Bonchev–Trinajstić information content (AvgIpc) is 2.49. The lowest BCUT2D eigenvalue weighted by atomic mass is 10.00. The SMILES string of the molecule is CC1CCCN(c2ccc(NN=C(C#N)C#N)cc2)C1. The number of nitrogens with zero attached hydrogens (tertiary/aromatic N) is 4. The molecule has 0 amide bonds. The van der Waals surface area contributed by atoms with Crippen LogP contribution in [0.15, 0.2) is 29.4 Å². The van der Waals surface area contributed by atoms with Crippen molar-refractivity contribution in [3.63, 3.8) is 0 Å². The van der Waals surface area contributed by atoms with Crippen molar-refractivity contribution in [1.82, 2.24) is 0 Å². The van der Waals surface area contributed by atoms with Gasteiger partial charge in [-0.05, 0) is 43.0 Å². The van der Waals surface area contributed by atoms with Crippen molar-refractivity contribution < 1.29 is 0 Å². The molecular formula is C15H17N5. The molecule has 2 rings (SSSR count). The van der Waals surface area contributed by atoms with Gasteiger partial charge in [-0.1, -0.05) is 6.92 Å². The van der Waals surface area contributed by atoms with E-state index in [1.54, 1.807) is 12.1 Å². The minimum atomic E-state index is -0.182. The van der Waals surface area contributed by atoms with Gasteiger partial charge >= 0.3 is 0 Å². The molecule has 1 N–H and O–H groups in total. The van der Waals surface area contributed by atoms with Crippen LogP contribution in [0.3, 0.4) is 0 Å². The molecule has 0 aromatic heterocycles. The number of hydrazone groups is 1. The molecule has 0 bridgehead atoms. The summed E-state index contributed by atoms with van der Waals surface area (Å²) >= 11 is 0. The van der Waals surface area contributed by atoms with Gasteiger partial charge in [-0.3, -0.25) is 5.43 Å². The fraction of sp³-hybridized carbons (Fsp3) is 0.400. The quantitative estimate of drug-likeness (QED) is 0.675. The largest absolute Gasteiger partial charge is 0.371 e. The van der Waals surface area contributed by atoms with Crippen LogP contribution in [0.1, 0.15) is 19.8 Å². The standard InChI is InChI=1S/C15H17N5/c1-12-3-2-8-20(11-12)15-6-4-13(5-7-15)18-19-14(9-16)10-17/h4-7,12,18H,2-3,8,11H2,1H3. The highest BCUT2D eigenvalue weighted by atomic mass is 15.3. The van der Waals surface area contributed by atoms with E-state index in [1.807, 2.05) is 24.3 Å². The Morgan fingerprint density at radius 2 is 2.00 bits per heavy atom. The summed E-state index contributed by atoms with van der Waals surface area (Å²) in [7, 11) is 0. The molecule has 1 fully saturated rings. The van der Waals surface area contributed by atoms with Crippen molar-refractivity contribution in [3.05, 3.63) is 24.3 Å². The molecule has 5 nitrogen and oxygen atoms in total. The predicted molar refractivity (Wildman–Crippen MR) is 79.3 cm³/mol. The molecule has 1 saturated heterocycles. The van der Waals surface area contributed by atoms with Crippen molar-refractivity contribution in [1.29, 1.82) is 10.5 Å². The first-order chi connectivity index (χ1) is 9.72. The highest BCUT2D eigenvalue weighted by Crippen LogP contribution is 2.24. The zero-order chi connectivity index (χ0) is 14.4. The third-order valence-corrected chi connectivity index (χ3v) is 3.40. The first-order valence-corrected chi connectivity index (χ1v) is 6.72. The lowest BCUT2D eigenvalue weighted by Crippen LogP contribution is -2.34. The fourth-order valence-corrected chi connectivity index (χ4v) is 2.37. The Morgan fingerprint density at radius 1 is 1.30 bits per heavy atom. The second kappa shape index (κ2) is 6.58. The van der Waals surface area contributed by atoms with Gasteiger partial charge in [-0.15, -0.1) is 0 Å². The van der Waals surface area contributed by atoms with Crippen LogP contribution in [0.2, 0.25) is 0 Å².